The molecule has 0 saturated carbocycles. The van der Waals surface area contributed by atoms with Crippen LogP contribution in [-0.4, -0.2) is 44.2 Å². The van der Waals surface area contributed by atoms with Crippen LogP contribution in [0.2, 0.25) is 0 Å². The summed E-state index contributed by atoms with van der Waals surface area (Å²) in [6, 6.07) is 11.2. The van der Waals surface area contributed by atoms with Crippen molar-refractivity contribution >= 4 is 17.5 Å². The van der Waals surface area contributed by atoms with Crippen molar-refractivity contribution in [3.05, 3.63) is 75.7 Å². The molecule has 1 aromatic heterocycles. The fourth-order valence-corrected chi connectivity index (χ4v) is 4.96. The van der Waals surface area contributed by atoms with Gasteiger partial charge in [-0.2, -0.15) is 0 Å². The summed E-state index contributed by atoms with van der Waals surface area (Å²) >= 11 is 0. The fraction of sp³-hybridized carbons (Fsp3) is 0.333. The molecule has 3 aromatic rings. The van der Waals surface area contributed by atoms with Crippen LogP contribution in [0.4, 0.5) is 5.69 Å². The van der Waals surface area contributed by atoms with E-state index < -0.39 is 12.1 Å². The third kappa shape index (κ3) is 6.01. The number of hydrogen-bond acceptors (Lipinski definition) is 8. The molecule has 0 bridgehead atoms. The minimum atomic E-state index is -0.698. The Balaban J connectivity index is 1.76. The Hall–Kier alpha value is -4.60. The van der Waals surface area contributed by atoms with Gasteiger partial charge in [-0.15, -0.1) is 0 Å². The van der Waals surface area contributed by atoms with E-state index >= 15 is 0 Å². The van der Waals surface area contributed by atoms with Gasteiger partial charge in [0.15, 0.2) is 11.5 Å². The average molecular weight is 547 g/mol. The lowest BCUT2D eigenvalue weighted by Crippen LogP contribution is -2.38. The van der Waals surface area contributed by atoms with Gasteiger partial charge in [0.1, 0.15) is 6.04 Å². The molecule has 210 valence electrons. The van der Waals surface area contributed by atoms with E-state index in [0.717, 1.165) is 16.8 Å². The molecule has 10 nitrogen and oxygen atoms in total. The number of carbonyl (C=O) groups excluding carboxylic acids is 2. The first kappa shape index (κ1) is 28.4. The molecule has 0 fully saturated rings. The molecular formula is C30H34N4O6. The maximum atomic E-state index is 13.5. The van der Waals surface area contributed by atoms with Crippen molar-refractivity contribution in [2.75, 3.05) is 26.6 Å². The van der Waals surface area contributed by atoms with E-state index in [2.05, 4.69) is 20.9 Å². The number of aromatic nitrogens is 1. The van der Waals surface area contributed by atoms with E-state index in [4.69, 9.17) is 14.2 Å². The second-order valence-corrected chi connectivity index (χ2v) is 9.50. The van der Waals surface area contributed by atoms with E-state index in [1.54, 1.807) is 39.5 Å². The van der Waals surface area contributed by atoms with Crippen LogP contribution in [0.1, 0.15) is 43.1 Å². The second kappa shape index (κ2) is 12.5. The number of benzene rings is 1. The third-order valence-corrected chi connectivity index (χ3v) is 6.85. The molecule has 0 unspecified atom stereocenters. The van der Waals surface area contributed by atoms with Crippen LogP contribution in [-0.2, 0) is 22.6 Å². The number of pyridine rings is 1. The maximum Gasteiger partial charge on any atom is 0.242 e. The maximum absolute atomic E-state index is 13.5. The highest BCUT2D eigenvalue weighted by atomic mass is 16.5. The number of ether oxygens (including phenoxy) is 3. The predicted molar refractivity (Wildman–Crippen MR) is 152 cm³/mol. The summed E-state index contributed by atoms with van der Waals surface area (Å²) in [6.07, 6.45) is 2.81. The van der Waals surface area contributed by atoms with Crippen molar-refractivity contribution in [3.8, 4) is 28.4 Å². The molecule has 40 heavy (non-hydrogen) atoms. The first-order valence-corrected chi connectivity index (χ1v) is 13.0. The van der Waals surface area contributed by atoms with Crippen molar-refractivity contribution in [2.45, 2.75) is 45.3 Å². The molecule has 10 heteroatoms. The highest BCUT2D eigenvalue weighted by molar-refractivity contribution is 5.85. The molecule has 1 heterocycles. The predicted octanol–water partition coefficient (Wildman–Crippen LogP) is 3.37. The molecule has 1 aliphatic rings. The van der Waals surface area contributed by atoms with Gasteiger partial charge in [-0.1, -0.05) is 12.1 Å². The number of rotatable bonds is 9. The number of amides is 2. The van der Waals surface area contributed by atoms with Crippen LogP contribution in [0.3, 0.4) is 0 Å². The summed E-state index contributed by atoms with van der Waals surface area (Å²) in [6.45, 7) is 3.40. The minimum absolute atomic E-state index is 0.209. The van der Waals surface area contributed by atoms with E-state index in [0.29, 0.717) is 41.2 Å². The van der Waals surface area contributed by atoms with Gasteiger partial charge < -0.3 is 30.2 Å². The highest BCUT2D eigenvalue weighted by Gasteiger charge is 2.29. The number of carbonyl (C=O) groups is 2. The van der Waals surface area contributed by atoms with Gasteiger partial charge in [0.2, 0.25) is 23.0 Å². The Morgan fingerprint density at radius 1 is 1.05 bits per heavy atom. The zero-order valence-corrected chi connectivity index (χ0v) is 23.3. The molecule has 2 atom stereocenters. The van der Waals surface area contributed by atoms with Crippen LogP contribution in [0.15, 0.2) is 53.5 Å². The fourth-order valence-electron chi connectivity index (χ4n) is 4.96. The number of aryl methyl sites for hydroxylation is 1. The van der Waals surface area contributed by atoms with Crippen LogP contribution >= 0.6 is 0 Å². The standard InChI is InChI=1S/C30H34N4O6/c1-17(30(37)32-16-20-8-6-7-13-31-20)33-24-12-10-21-22(15-25(24)36)23(34-18(2)35)11-9-19-14-26(38-3)28(39-4)29(40-5)27(19)21/h6-8,10,12-15,17,23H,9,11,16H2,1-5H3,(H,32,37)(H,33,36)(H,34,35)/t17-,23-/m0/s1. The van der Waals surface area contributed by atoms with Gasteiger partial charge in [-0.05, 0) is 66.8 Å². The number of fused-ring (bicyclic) bond motifs is 3. The summed E-state index contributed by atoms with van der Waals surface area (Å²) in [7, 11) is 4.64. The zero-order valence-electron chi connectivity index (χ0n) is 23.3. The number of nitrogens with zero attached hydrogens (tertiary/aromatic N) is 1. The zero-order chi connectivity index (χ0) is 28.8. The number of methoxy groups -OCH3 is 3. The summed E-state index contributed by atoms with van der Waals surface area (Å²) in [5.74, 6) is 0.933. The Morgan fingerprint density at radius 3 is 2.48 bits per heavy atom. The lowest BCUT2D eigenvalue weighted by molar-refractivity contribution is -0.122. The van der Waals surface area contributed by atoms with E-state index in [9.17, 15) is 14.4 Å². The quantitative estimate of drug-likeness (QED) is 0.373. The molecule has 0 spiro atoms. The minimum Gasteiger partial charge on any atom is -0.493 e. The van der Waals surface area contributed by atoms with Crippen molar-refractivity contribution in [2.24, 2.45) is 0 Å². The average Bonchev–Trinajstić information content (AvgIpc) is 3.19. The van der Waals surface area contributed by atoms with Gasteiger partial charge in [0.25, 0.3) is 0 Å². The van der Waals surface area contributed by atoms with Gasteiger partial charge in [-0.3, -0.25) is 19.4 Å². The largest absolute Gasteiger partial charge is 0.493 e. The molecule has 1 aliphatic carbocycles. The Kier molecular flexibility index (Phi) is 8.88. The van der Waals surface area contributed by atoms with Crippen LogP contribution in [0.25, 0.3) is 11.1 Å². The Labute approximate surface area is 233 Å². The van der Waals surface area contributed by atoms with Crippen molar-refractivity contribution in [1.29, 1.82) is 0 Å². The van der Waals surface area contributed by atoms with E-state index in [1.165, 1.54) is 20.1 Å². The Morgan fingerprint density at radius 2 is 1.82 bits per heavy atom. The second-order valence-electron chi connectivity index (χ2n) is 9.50. The number of nitrogens with one attached hydrogen (secondary N) is 3. The monoisotopic (exact) mass is 546 g/mol. The SMILES string of the molecule is COc1cc2c(c(OC)c1OC)-c1ccc(N[C@@H](C)C(=O)NCc3ccccn3)c(=O)cc1[C@@H](NC(C)=O)CC2. The number of anilines is 1. The number of hydrogen-bond donors (Lipinski definition) is 3. The molecule has 4 rings (SSSR count). The van der Waals surface area contributed by atoms with Crippen molar-refractivity contribution in [1.82, 2.24) is 15.6 Å². The smallest absolute Gasteiger partial charge is 0.242 e. The van der Waals surface area contributed by atoms with Gasteiger partial charge in [0.05, 0.1) is 45.3 Å². The van der Waals surface area contributed by atoms with Gasteiger partial charge in [-0.25, -0.2) is 0 Å². The first-order chi connectivity index (χ1) is 19.3. The topological polar surface area (TPSA) is 128 Å². The molecule has 0 saturated heterocycles. The van der Waals surface area contributed by atoms with Gasteiger partial charge in [0, 0.05) is 18.7 Å². The van der Waals surface area contributed by atoms with E-state index in [-0.39, 0.29) is 29.5 Å². The van der Waals surface area contributed by atoms with Crippen LogP contribution in [0.5, 0.6) is 17.2 Å². The molecule has 0 aliphatic heterocycles. The summed E-state index contributed by atoms with van der Waals surface area (Å²) in [5.41, 5.74) is 3.70. The molecule has 2 aromatic carbocycles. The lowest BCUT2D eigenvalue weighted by Gasteiger charge is -2.19. The molecule has 0 radical (unpaired) electrons. The molecule has 3 N–H and O–H groups in total. The lowest BCUT2D eigenvalue weighted by atomic mass is 9.95. The summed E-state index contributed by atoms with van der Waals surface area (Å²) in [5, 5.41) is 8.87. The van der Waals surface area contributed by atoms with Gasteiger partial charge >= 0.3 is 0 Å². The van der Waals surface area contributed by atoms with E-state index in [1.807, 2.05) is 24.3 Å². The van der Waals surface area contributed by atoms with Crippen LogP contribution in [0, 0.1) is 0 Å². The van der Waals surface area contributed by atoms with Crippen LogP contribution < -0.4 is 35.6 Å². The highest BCUT2D eigenvalue weighted by Crippen LogP contribution is 2.50. The molecular weight excluding hydrogens is 512 g/mol. The van der Waals surface area contributed by atoms with Crippen molar-refractivity contribution in [3.63, 3.8) is 0 Å². The first-order valence-electron chi connectivity index (χ1n) is 13.0. The normalized spacial score (nSPS) is 14.5. The molecule has 2 amide bonds. The summed E-state index contributed by atoms with van der Waals surface area (Å²) < 4.78 is 17.0. The van der Waals surface area contributed by atoms with Crippen molar-refractivity contribution < 1.29 is 23.8 Å². The summed E-state index contributed by atoms with van der Waals surface area (Å²) in [4.78, 5) is 42.6. The third-order valence-electron chi connectivity index (χ3n) is 6.85. The Bertz CT molecular complexity index is 1460.